The van der Waals surface area contributed by atoms with E-state index in [9.17, 15) is 9.18 Å². The van der Waals surface area contributed by atoms with Crippen molar-refractivity contribution in [2.75, 3.05) is 6.54 Å². The molecule has 0 aromatic heterocycles. The smallest absolute Gasteiger partial charge is 0.240 e. The van der Waals surface area contributed by atoms with E-state index in [0.29, 0.717) is 12.5 Å². The lowest BCUT2D eigenvalue weighted by molar-refractivity contribution is -0.134. The molecule has 0 bridgehead atoms. The summed E-state index contributed by atoms with van der Waals surface area (Å²) in [5.74, 6) is -0.107. The number of carbonyl (C=O) groups is 1. The van der Waals surface area contributed by atoms with Crippen LogP contribution in [0.1, 0.15) is 51.9 Å². The van der Waals surface area contributed by atoms with Gasteiger partial charge in [-0.15, -0.1) is 0 Å². The van der Waals surface area contributed by atoms with Gasteiger partial charge >= 0.3 is 0 Å². The Kier molecular flexibility index (Phi) is 5.36. The molecule has 1 aliphatic heterocycles. The number of nitrogens with one attached hydrogen (secondary N) is 1. The van der Waals surface area contributed by atoms with Crippen molar-refractivity contribution < 1.29 is 9.18 Å². The molecule has 2 aliphatic rings. The number of nitriles is 1. The summed E-state index contributed by atoms with van der Waals surface area (Å²) in [6, 6.07) is 1.56. The molecule has 0 aromatic rings. The summed E-state index contributed by atoms with van der Waals surface area (Å²) in [5.41, 5.74) is 0. The fourth-order valence-electron chi connectivity index (χ4n) is 3.27. The number of likely N-dealkylation sites (tertiary alicyclic amines) is 1. The molecule has 4 nitrogen and oxygen atoms in total. The molecule has 1 N–H and O–H groups in total. The molecule has 112 valence electrons. The zero-order valence-corrected chi connectivity index (χ0v) is 12.1. The minimum absolute atomic E-state index is 0.0694. The van der Waals surface area contributed by atoms with Gasteiger partial charge in [-0.1, -0.05) is 26.2 Å². The van der Waals surface area contributed by atoms with E-state index in [1.54, 1.807) is 0 Å². The maximum absolute atomic E-state index is 13.4. The van der Waals surface area contributed by atoms with Crippen molar-refractivity contribution in [3.63, 3.8) is 0 Å². The number of alkyl halides is 1. The van der Waals surface area contributed by atoms with Crippen LogP contribution in [-0.4, -0.2) is 41.6 Å². The lowest BCUT2D eigenvalue weighted by Gasteiger charge is -2.30. The molecular formula is C15H24FN3O. The second kappa shape index (κ2) is 7.03. The van der Waals surface area contributed by atoms with Crippen LogP contribution in [-0.2, 0) is 4.79 Å². The first-order valence-corrected chi connectivity index (χ1v) is 7.76. The van der Waals surface area contributed by atoms with Crippen molar-refractivity contribution in [1.29, 1.82) is 5.26 Å². The summed E-state index contributed by atoms with van der Waals surface area (Å²) >= 11 is 0. The Balaban J connectivity index is 1.96. The van der Waals surface area contributed by atoms with Gasteiger partial charge in [-0.2, -0.15) is 5.26 Å². The molecule has 1 amide bonds. The maximum Gasteiger partial charge on any atom is 0.240 e. The molecule has 1 saturated heterocycles. The predicted molar refractivity (Wildman–Crippen MR) is 74.7 cm³/mol. The van der Waals surface area contributed by atoms with E-state index in [1.807, 2.05) is 13.0 Å². The molecule has 2 rings (SSSR count). The van der Waals surface area contributed by atoms with Crippen LogP contribution >= 0.6 is 0 Å². The lowest BCUT2D eigenvalue weighted by atomic mass is 9.94. The summed E-state index contributed by atoms with van der Waals surface area (Å²) in [6.45, 7) is 2.03. The molecule has 3 unspecified atom stereocenters. The van der Waals surface area contributed by atoms with Gasteiger partial charge in [0.1, 0.15) is 12.2 Å². The maximum atomic E-state index is 13.4. The van der Waals surface area contributed by atoms with Crippen LogP contribution in [0.4, 0.5) is 4.39 Å². The lowest BCUT2D eigenvalue weighted by Crippen LogP contribution is -2.51. The van der Waals surface area contributed by atoms with E-state index < -0.39 is 12.2 Å². The van der Waals surface area contributed by atoms with E-state index in [1.165, 1.54) is 24.2 Å². The normalized spacial score (nSPS) is 29.1. The van der Waals surface area contributed by atoms with E-state index >= 15 is 0 Å². The molecule has 0 radical (unpaired) electrons. The average Bonchev–Trinajstić information content (AvgIpc) is 2.86. The molecule has 2 fully saturated rings. The van der Waals surface area contributed by atoms with Crippen LogP contribution in [0.3, 0.4) is 0 Å². The molecule has 5 heteroatoms. The highest BCUT2D eigenvalue weighted by atomic mass is 19.1. The summed E-state index contributed by atoms with van der Waals surface area (Å²) in [7, 11) is 0. The van der Waals surface area contributed by atoms with Crippen LogP contribution in [0.5, 0.6) is 0 Å². The SMILES string of the molecule is CCC(NC1CCCCC1)C(=O)N1CC(F)CC1C#N. The van der Waals surface area contributed by atoms with Gasteiger partial charge in [0.25, 0.3) is 0 Å². The van der Waals surface area contributed by atoms with E-state index in [2.05, 4.69) is 5.32 Å². The third-order valence-electron chi connectivity index (χ3n) is 4.43. The highest BCUT2D eigenvalue weighted by Crippen LogP contribution is 2.23. The third-order valence-corrected chi connectivity index (χ3v) is 4.43. The summed E-state index contributed by atoms with van der Waals surface area (Å²) in [5, 5.41) is 12.5. The standard InChI is InChI=1S/C15H24FN3O/c1-2-14(18-12-6-4-3-5-7-12)15(20)19-10-11(16)8-13(19)9-17/h11-14,18H,2-8,10H2,1H3. The highest BCUT2D eigenvalue weighted by molar-refractivity contribution is 5.82. The average molecular weight is 281 g/mol. The number of amides is 1. The number of carbonyl (C=O) groups excluding carboxylic acids is 1. The van der Waals surface area contributed by atoms with Gasteiger partial charge < -0.3 is 10.2 Å². The topological polar surface area (TPSA) is 56.1 Å². The van der Waals surface area contributed by atoms with Gasteiger partial charge in [0.15, 0.2) is 0 Å². The van der Waals surface area contributed by atoms with Crippen molar-refractivity contribution in [3.8, 4) is 6.07 Å². The van der Waals surface area contributed by atoms with Gasteiger partial charge in [-0.3, -0.25) is 4.79 Å². The molecule has 3 atom stereocenters. The second-order valence-corrected chi connectivity index (χ2v) is 5.93. The predicted octanol–water partition coefficient (Wildman–Crippen LogP) is 2.15. The van der Waals surface area contributed by atoms with Crippen LogP contribution < -0.4 is 5.32 Å². The Morgan fingerprint density at radius 1 is 1.45 bits per heavy atom. The summed E-state index contributed by atoms with van der Waals surface area (Å²) in [4.78, 5) is 13.9. The Morgan fingerprint density at radius 3 is 2.75 bits per heavy atom. The second-order valence-electron chi connectivity index (χ2n) is 5.93. The molecule has 20 heavy (non-hydrogen) atoms. The largest absolute Gasteiger partial charge is 0.322 e. The van der Waals surface area contributed by atoms with E-state index in [0.717, 1.165) is 12.8 Å². The Labute approximate surface area is 120 Å². The number of nitrogens with zero attached hydrogens (tertiary/aromatic N) is 2. The van der Waals surface area contributed by atoms with Crippen LogP contribution in [0.25, 0.3) is 0 Å². The Morgan fingerprint density at radius 2 is 2.15 bits per heavy atom. The van der Waals surface area contributed by atoms with Crippen molar-refractivity contribution in [3.05, 3.63) is 0 Å². The minimum Gasteiger partial charge on any atom is -0.322 e. The summed E-state index contributed by atoms with van der Waals surface area (Å²) in [6.07, 6.45) is 5.68. The number of halogens is 1. The number of rotatable bonds is 4. The zero-order valence-electron chi connectivity index (χ0n) is 12.1. The monoisotopic (exact) mass is 281 g/mol. The fourth-order valence-corrected chi connectivity index (χ4v) is 3.27. The number of hydrogen-bond acceptors (Lipinski definition) is 3. The first kappa shape index (κ1) is 15.2. The first-order valence-electron chi connectivity index (χ1n) is 7.76. The van der Waals surface area contributed by atoms with Crippen molar-refractivity contribution >= 4 is 5.91 Å². The van der Waals surface area contributed by atoms with Gasteiger partial charge in [-0.05, 0) is 19.3 Å². The zero-order chi connectivity index (χ0) is 14.5. The van der Waals surface area contributed by atoms with Crippen molar-refractivity contribution in [2.24, 2.45) is 0 Å². The molecule has 1 aliphatic carbocycles. The fraction of sp³-hybridized carbons (Fsp3) is 0.867. The van der Waals surface area contributed by atoms with Crippen LogP contribution in [0.15, 0.2) is 0 Å². The van der Waals surface area contributed by atoms with Crippen LogP contribution in [0, 0.1) is 11.3 Å². The van der Waals surface area contributed by atoms with E-state index in [-0.39, 0.29) is 24.9 Å². The molecular weight excluding hydrogens is 257 g/mol. The van der Waals surface area contributed by atoms with Crippen molar-refractivity contribution in [2.45, 2.75) is 76.2 Å². The summed E-state index contributed by atoms with van der Waals surface area (Å²) < 4.78 is 13.4. The van der Waals surface area contributed by atoms with E-state index in [4.69, 9.17) is 5.26 Å². The minimum atomic E-state index is -1.06. The molecule has 0 spiro atoms. The van der Waals surface area contributed by atoms with Gasteiger partial charge in [0.05, 0.1) is 18.7 Å². The Hall–Kier alpha value is -1.15. The van der Waals surface area contributed by atoms with Gasteiger partial charge in [-0.25, -0.2) is 4.39 Å². The highest BCUT2D eigenvalue weighted by Gasteiger charge is 2.38. The third kappa shape index (κ3) is 3.49. The molecule has 0 aromatic carbocycles. The first-order chi connectivity index (χ1) is 9.65. The van der Waals surface area contributed by atoms with Crippen molar-refractivity contribution in [1.82, 2.24) is 10.2 Å². The Bertz CT molecular complexity index is 376. The quantitative estimate of drug-likeness (QED) is 0.859. The van der Waals surface area contributed by atoms with Crippen LogP contribution in [0.2, 0.25) is 0 Å². The van der Waals surface area contributed by atoms with Gasteiger partial charge in [0.2, 0.25) is 5.91 Å². The number of hydrogen-bond donors (Lipinski definition) is 1. The molecule has 1 saturated carbocycles. The molecule has 1 heterocycles. The van der Waals surface area contributed by atoms with Gasteiger partial charge in [0, 0.05) is 12.5 Å².